The molecule has 1 aliphatic rings. The number of nitrogens with one attached hydrogen (secondary N) is 1. The Balaban J connectivity index is 1.92. The van der Waals surface area contributed by atoms with E-state index in [1.165, 1.54) is 0 Å². The Bertz CT molecular complexity index is 622. The van der Waals surface area contributed by atoms with Crippen LogP contribution in [0.2, 0.25) is 0 Å². The van der Waals surface area contributed by atoms with Crippen LogP contribution < -0.4 is 5.32 Å². The summed E-state index contributed by atoms with van der Waals surface area (Å²) in [7, 11) is 0. The minimum absolute atomic E-state index is 0.256. The minimum atomic E-state index is 0.256. The zero-order chi connectivity index (χ0) is 13.1. The molecule has 2 aromatic rings. The molecule has 1 fully saturated rings. The molecule has 2 heterocycles. The van der Waals surface area contributed by atoms with Gasteiger partial charge in [0.25, 0.3) is 0 Å². The number of aromatic nitrogens is 1. The van der Waals surface area contributed by atoms with Crippen molar-refractivity contribution in [2.75, 3.05) is 18.5 Å². The third kappa shape index (κ3) is 2.38. The quantitative estimate of drug-likeness (QED) is 0.913. The Labute approximate surface area is 112 Å². The van der Waals surface area contributed by atoms with Gasteiger partial charge in [0.1, 0.15) is 5.82 Å². The Morgan fingerprint density at radius 2 is 2.37 bits per heavy atom. The Hall–Kier alpha value is -2.12. The monoisotopic (exact) mass is 253 g/mol. The molecule has 0 radical (unpaired) electrons. The van der Waals surface area contributed by atoms with Crippen molar-refractivity contribution in [3.05, 3.63) is 36.0 Å². The number of hydrogen-bond acceptors (Lipinski definition) is 4. The van der Waals surface area contributed by atoms with E-state index in [4.69, 9.17) is 4.74 Å². The second-order valence-electron chi connectivity index (χ2n) is 4.69. The predicted octanol–water partition coefficient (Wildman–Crippen LogP) is 2.70. The molecule has 0 bridgehead atoms. The summed E-state index contributed by atoms with van der Waals surface area (Å²) in [5, 5.41) is 14.5. The molecule has 96 valence electrons. The standard InChI is InChI=1S/C15H15N3O/c16-9-12-4-1-3-11-6-7-17-15(14(11)12)18-10-13-5-2-8-19-13/h1,3-4,6-7,13H,2,5,8,10H2,(H,17,18). The molecule has 0 spiro atoms. The van der Waals surface area contributed by atoms with Gasteiger partial charge in [0.05, 0.1) is 17.7 Å². The lowest BCUT2D eigenvalue weighted by molar-refractivity contribution is 0.120. The summed E-state index contributed by atoms with van der Waals surface area (Å²) in [6, 6.07) is 9.86. The molecule has 1 atom stereocenters. The van der Waals surface area contributed by atoms with Crippen LogP contribution in [0.15, 0.2) is 30.5 Å². The first-order valence-electron chi connectivity index (χ1n) is 6.52. The third-order valence-electron chi connectivity index (χ3n) is 3.43. The Morgan fingerprint density at radius 1 is 1.42 bits per heavy atom. The number of anilines is 1. The van der Waals surface area contributed by atoms with Crippen LogP contribution in [-0.2, 0) is 4.74 Å². The van der Waals surface area contributed by atoms with E-state index in [-0.39, 0.29) is 6.10 Å². The van der Waals surface area contributed by atoms with Crippen LogP contribution in [0.5, 0.6) is 0 Å². The number of rotatable bonds is 3. The van der Waals surface area contributed by atoms with Crippen molar-refractivity contribution in [1.82, 2.24) is 4.98 Å². The maximum absolute atomic E-state index is 9.21. The van der Waals surface area contributed by atoms with Gasteiger partial charge in [-0.3, -0.25) is 0 Å². The highest BCUT2D eigenvalue weighted by atomic mass is 16.5. The molecular formula is C15H15N3O. The van der Waals surface area contributed by atoms with Crippen molar-refractivity contribution in [2.45, 2.75) is 18.9 Å². The molecule has 1 aromatic heterocycles. The van der Waals surface area contributed by atoms with E-state index >= 15 is 0 Å². The fraction of sp³-hybridized carbons (Fsp3) is 0.333. The van der Waals surface area contributed by atoms with Gasteiger partial charge in [-0.25, -0.2) is 4.98 Å². The van der Waals surface area contributed by atoms with Crippen molar-refractivity contribution >= 4 is 16.6 Å². The van der Waals surface area contributed by atoms with Crippen molar-refractivity contribution in [3.63, 3.8) is 0 Å². The summed E-state index contributed by atoms with van der Waals surface area (Å²) in [6.45, 7) is 1.59. The van der Waals surface area contributed by atoms with Gasteiger partial charge in [-0.05, 0) is 30.4 Å². The average Bonchev–Trinajstić information content (AvgIpc) is 2.97. The van der Waals surface area contributed by atoms with Crippen molar-refractivity contribution < 1.29 is 4.74 Å². The Kier molecular flexibility index (Phi) is 3.30. The van der Waals surface area contributed by atoms with E-state index in [0.717, 1.165) is 42.6 Å². The number of benzene rings is 1. The molecular weight excluding hydrogens is 238 g/mol. The molecule has 1 N–H and O–H groups in total. The molecule has 1 aromatic carbocycles. The highest BCUT2D eigenvalue weighted by Crippen LogP contribution is 2.25. The topological polar surface area (TPSA) is 57.9 Å². The van der Waals surface area contributed by atoms with Crippen LogP contribution in [-0.4, -0.2) is 24.2 Å². The molecule has 3 rings (SSSR count). The highest BCUT2D eigenvalue weighted by molar-refractivity contribution is 5.96. The summed E-state index contributed by atoms with van der Waals surface area (Å²) in [5.41, 5.74) is 0.653. The summed E-state index contributed by atoms with van der Waals surface area (Å²) < 4.78 is 5.59. The van der Waals surface area contributed by atoms with Crippen LogP contribution in [0.25, 0.3) is 10.8 Å². The zero-order valence-electron chi connectivity index (χ0n) is 10.6. The lowest BCUT2D eigenvalue weighted by Gasteiger charge is -2.13. The summed E-state index contributed by atoms with van der Waals surface area (Å²) in [5.74, 6) is 0.769. The number of ether oxygens (including phenoxy) is 1. The number of hydrogen-bond donors (Lipinski definition) is 1. The largest absolute Gasteiger partial charge is 0.376 e. The van der Waals surface area contributed by atoms with E-state index in [0.29, 0.717) is 5.56 Å². The van der Waals surface area contributed by atoms with Gasteiger partial charge in [-0.1, -0.05) is 12.1 Å². The lowest BCUT2D eigenvalue weighted by atomic mass is 10.1. The first-order chi connectivity index (χ1) is 9.38. The molecule has 0 amide bonds. The van der Waals surface area contributed by atoms with Gasteiger partial charge < -0.3 is 10.1 Å². The SMILES string of the molecule is N#Cc1cccc2ccnc(NCC3CCCO3)c12. The van der Waals surface area contributed by atoms with Crippen LogP contribution in [0.4, 0.5) is 5.82 Å². The first kappa shape index (κ1) is 11.9. The molecule has 0 aliphatic carbocycles. The van der Waals surface area contributed by atoms with Gasteiger partial charge in [-0.2, -0.15) is 5.26 Å². The minimum Gasteiger partial charge on any atom is -0.376 e. The summed E-state index contributed by atoms with van der Waals surface area (Å²) in [4.78, 5) is 4.36. The van der Waals surface area contributed by atoms with E-state index in [1.54, 1.807) is 6.20 Å². The molecule has 0 saturated carbocycles. The van der Waals surface area contributed by atoms with Gasteiger partial charge in [-0.15, -0.1) is 0 Å². The second kappa shape index (κ2) is 5.25. The van der Waals surface area contributed by atoms with Gasteiger partial charge in [0.2, 0.25) is 0 Å². The van der Waals surface area contributed by atoms with Crippen LogP contribution in [0.1, 0.15) is 18.4 Å². The normalized spacial score (nSPS) is 18.4. The number of nitriles is 1. The molecule has 1 unspecified atom stereocenters. The molecule has 1 aliphatic heterocycles. The molecule has 1 saturated heterocycles. The van der Waals surface area contributed by atoms with Gasteiger partial charge in [0.15, 0.2) is 0 Å². The summed E-state index contributed by atoms with van der Waals surface area (Å²) >= 11 is 0. The van der Waals surface area contributed by atoms with Crippen LogP contribution in [0, 0.1) is 11.3 Å². The maximum atomic E-state index is 9.21. The third-order valence-corrected chi connectivity index (χ3v) is 3.43. The zero-order valence-corrected chi connectivity index (χ0v) is 10.6. The fourth-order valence-electron chi connectivity index (χ4n) is 2.47. The smallest absolute Gasteiger partial charge is 0.135 e. The number of pyridine rings is 1. The van der Waals surface area contributed by atoms with Crippen LogP contribution >= 0.6 is 0 Å². The highest BCUT2D eigenvalue weighted by Gasteiger charge is 2.16. The maximum Gasteiger partial charge on any atom is 0.135 e. The lowest BCUT2D eigenvalue weighted by Crippen LogP contribution is -2.19. The molecule has 4 nitrogen and oxygen atoms in total. The number of fused-ring (bicyclic) bond motifs is 1. The van der Waals surface area contributed by atoms with Crippen molar-refractivity contribution in [2.24, 2.45) is 0 Å². The summed E-state index contributed by atoms with van der Waals surface area (Å²) in [6.07, 6.45) is 4.23. The van der Waals surface area contributed by atoms with Gasteiger partial charge in [0, 0.05) is 24.7 Å². The first-order valence-corrected chi connectivity index (χ1v) is 6.52. The van der Waals surface area contributed by atoms with Crippen LogP contribution in [0.3, 0.4) is 0 Å². The number of nitrogens with zero attached hydrogens (tertiary/aromatic N) is 2. The molecule has 4 heteroatoms. The average molecular weight is 253 g/mol. The van der Waals surface area contributed by atoms with E-state index in [1.807, 2.05) is 24.3 Å². The van der Waals surface area contributed by atoms with Crippen molar-refractivity contribution in [3.8, 4) is 6.07 Å². The van der Waals surface area contributed by atoms with E-state index in [2.05, 4.69) is 16.4 Å². The predicted molar refractivity (Wildman–Crippen MR) is 73.9 cm³/mol. The van der Waals surface area contributed by atoms with Crippen molar-refractivity contribution in [1.29, 1.82) is 5.26 Å². The van der Waals surface area contributed by atoms with E-state index < -0.39 is 0 Å². The fourth-order valence-corrected chi connectivity index (χ4v) is 2.47. The molecule has 19 heavy (non-hydrogen) atoms. The Morgan fingerprint density at radius 3 is 3.16 bits per heavy atom. The van der Waals surface area contributed by atoms with E-state index in [9.17, 15) is 5.26 Å². The second-order valence-corrected chi connectivity index (χ2v) is 4.69. The van der Waals surface area contributed by atoms with Gasteiger partial charge >= 0.3 is 0 Å².